The summed E-state index contributed by atoms with van der Waals surface area (Å²) in [6.07, 6.45) is -0.362. The van der Waals surface area contributed by atoms with Gasteiger partial charge >= 0.3 is 5.97 Å². The number of nitrogens with one attached hydrogen (secondary N) is 1. The van der Waals surface area contributed by atoms with Crippen LogP contribution in [0.15, 0.2) is 24.3 Å². The Kier molecular flexibility index (Phi) is 6.21. The fraction of sp³-hybridized carbons (Fsp3) is 0.500. The van der Waals surface area contributed by atoms with Crippen LogP contribution in [0, 0.1) is 12.8 Å². The molecule has 1 unspecified atom stereocenters. The molecule has 1 rings (SSSR count). The van der Waals surface area contributed by atoms with Crippen molar-refractivity contribution in [1.29, 1.82) is 0 Å². The van der Waals surface area contributed by atoms with Crippen molar-refractivity contribution < 1.29 is 19.4 Å². The van der Waals surface area contributed by atoms with Crippen molar-refractivity contribution in [2.45, 2.75) is 46.3 Å². The Morgan fingerprint density at radius 1 is 1.29 bits per heavy atom. The summed E-state index contributed by atoms with van der Waals surface area (Å²) in [5.74, 6) is -0.683. The summed E-state index contributed by atoms with van der Waals surface area (Å²) >= 11 is 0. The van der Waals surface area contributed by atoms with Crippen LogP contribution in [0.3, 0.4) is 0 Å². The lowest BCUT2D eigenvalue weighted by Gasteiger charge is -2.20. The van der Waals surface area contributed by atoms with E-state index in [0.717, 1.165) is 5.56 Å². The van der Waals surface area contributed by atoms with E-state index in [9.17, 15) is 9.59 Å². The zero-order valence-corrected chi connectivity index (χ0v) is 12.9. The molecule has 2 N–H and O–H groups in total. The number of rotatable bonds is 7. The van der Waals surface area contributed by atoms with E-state index in [4.69, 9.17) is 9.84 Å². The van der Waals surface area contributed by atoms with Crippen LogP contribution in [0.2, 0.25) is 0 Å². The van der Waals surface area contributed by atoms with Gasteiger partial charge in [-0.2, -0.15) is 0 Å². The molecule has 0 fully saturated rings. The van der Waals surface area contributed by atoms with Gasteiger partial charge in [-0.3, -0.25) is 4.79 Å². The molecule has 0 aliphatic carbocycles. The van der Waals surface area contributed by atoms with Crippen LogP contribution in [-0.2, 0) is 9.59 Å². The van der Waals surface area contributed by atoms with E-state index in [1.165, 1.54) is 0 Å². The van der Waals surface area contributed by atoms with Crippen molar-refractivity contribution >= 4 is 11.9 Å². The Labute approximate surface area is 125 Å². The number of amides is 1. The molecule has 0 spiro atoms. The maximum Gasteiger partial charge on any atom is 0.326 e. The second kappa shape index (κ2) is 7.67. The van der Waals surface area contributed by atoms with Crippen LogP contribution in [-0.4, -0.2) is 29.1 Å². The van der Waals surface area contributed by atoms with Crippen molar-refractivity contribution in [3.05, 3.63) is 29.8 Å². The third kappa shape index (κ3) is 5.85. The summed E-state index contributed by atoms with van der Waals surface area (Å²) in [4.78, 5) is 23.2. The molecule has 21 heavy (non-hydrogen) atoms. The van der Waals surface area contributed by atoms with E-state index in [-0.39, 0.29) is 5.92 Å². The van der Waals surface area contributed by atoms with Gasteiger partial charge in [0.2, 0.25) is 0 Å². The first kappa shape index (κ1) is 17.0. The van der Waals surface area contributed by atoms with Crippen molar-refractivity contribution in [1.82, 2.24) is 5.32 Å². The maximum atomic E-state index is 12.0. The molecule has 0 aliphatic heterocycles. The van der Waals surface area contributed by atoms with E-state index >= 15 is 0 Å². The fourth-order valence-corrected chi connectivity index (χ4v) is 1.93. The summed E-state index contributed by atoms with van der Waals surface area (Å²) in [6.45, 7) is 7.36. The quantitative estimate of drug-likeness (QED) is 0.809. The molecule has 1 amide bonds. The Bertz CT molecular complexity index is 499. The first-order valence-corrected chi connectivity index (χ1v) is 7.06. The number of carbonyl (C=O) groups excluding carboxylic acids is 1. The van der Waals surface area contributed by atoms with Gasteiger partial charge in [0, 0.05) is 0 Å². The molecule has 0 saturated heterocycles. The minimum absolute atomic E-state index is 0.180. The van der Waals surface area contributed by atoms with E-state index < -0.39 is 24.0 Å². The highest BCUT2D eigenvalue weighted by Crippen LogP contribution is 2.14. The molecule has 0 aliphatic rings. The second-order valence-corrected chi connectivity index (χ2v) is 5.61. The van der Waals surface area contributed by atoms with Crippen LogP contribution in [0.1, 0.15) is 32.8 Å². The number of aryl methyl sites for hydroxylation is 1. The van der Waals surface area contributed by atoms with Gasteiger partial charge in [0.15, 0.2) is 6.10 Å². The number of carbonyl (C=O) groups is 2. The molecule has 0 radical (unpaired) electrons. The van der Waals surface area contributed by atoms with Crippen molar-refractivity contribution in [2.75, 3.05) is 0 Å². The molecule has 0 heterocycles. The molecule has 5 nitrogen and oxygen atoms in total. The topological polar surface area (TPSA) is 75.6 Å². The molecular weight excluding hydrogens is 270 g/mol. The van der Waals surface area contributed by atoms with E-state index in [0.29, 0.717) is 12.2 Å². The Morgan fingerprint density at radius 2 is 1.95 bits per heavy atom. The van der Waals surface area contributed by atoms with Crippen LogP contribution < -0.4 is 10.1 Å². The maximum absolute atomic E-state index is 12.0. The number of hydrogen-bond acceptors (Lipinski definition) is 3. The van der Waals surface area contributed by atoms with Crippen molar-refractivity contribution in [3.8, 4) is 5.75 Å². The normalized spacial score (nSPS) is 13.6. The summed E-state index contributed by atoms with van der Waals surface area (Å²) in [7, 11) is 0. The number of carboxylic acid groups (broad SMARTS) is 1. The lowest BCUT2D eigenvalue weighted by atomic mass is 10.0. The summed E-state index contributed by atoms with van der Waals surface area (Å²) in [5, 5.41) is 11.6. The molecular formula is C16H23NO4. The number of hydrogen-bond donors (Lipinski definition) is 2. The Morgan fingerprint density at radius 3 is 2.48 bits per heavy atom. The average molecular weight is 293 g/mol. The Balaban J connectivity index is 2.62. The molecule has 2 atom stereocenters. The Hall–Kier alpha value is -2.04. The van der Waals surface area contributed by atoms with Gasteiger partial charge in [-0.15, -0.1) is 0 Å². The highest BCUT2D eigenvalue weighted by Gasteiger charge is 2.24. The first-order valence-electron chi connectivity index (χ1n) is 7.06. The van der Waals surface area contributed by atoms with Gasteiger partial charge in [0.05, 0.1) is 0 Å². The average Bonchev–Trinajstić information content (AvgIpc) is 2.37. The minimum atomic E-state index is -1.03. The lowest BCUT2D eigenvalue weighted by molar-refractivity contribution is -0.143. The zero-order valence-electron chi connectivity index (χ0n) is 12.9. The predicted molar refractivity (Wildman–Crippen MR) is 80.3 cm³/mol. The summed E-state index contributed by atoms with van der Waals surface area (Å²) in [6, 6.07) is 6.47. The zero-order chi connectivity index (χ0) is 16.0. The van der Waals surface area contributed by atoms with Crippen LogP contribution in [0.25, 0.3) is 0 Å². The minimum Gasteiger partial charge on any atom is -0.481 e. The van der Waals surface area contributed by atoms with Gasteiger partial charge in [-0.05, 0) is 43.9 Å². The van der Waals surface area contributed by atoms with Gasteiger partial charge in [0.1, 0.15) is 11.8 Å². The smallest absolute Gasteiger partial charge is 0.326 e. The fourth-order valence-electron chi connectivity index (χ4n) is 1.93. The van der Waals surface area contributed by atoms with Crippen molar-refractivity contribution in [3.63, 3.8) is 0 Å². The molecule has 0 bridgehead atoms. The second-order valence-electron chi connectivity index (χ2n) is 5.61. The monoisotopic (exact) mass is 293 g/mol. The molecule has 0 aromatic heterocycles. The molecule has 5 heteroatoms. The van der Waals surface area contributed by atoms with Crippen LogP contribution in [0.4, 0.5) is 0 Å². The van der Waals surface area contributed by atoms with E-state index in [2.05, 4.69) is 5.32 Å². The van der Waals surface area contributed by atoms with Crippen LogP contribution in [0.5, 0.6) is 5.75 Å². The van der Waals surface area contributed by atoms with Crippen molar-refractivity contribution in [2.24, 2.45) is 5.92 Å². The number of ether oxygens (including phenoxy) is 1. The molecule has 1 aromatic carbocycles. The number of aliphatic carboxylic acids is 1. The summed E-state index contributed by atoms with van der Waals surface area (Å²) < 4.78 is 5.54. The number of carboxylic acids is 1. The molecule has 116 valence electrons. The standard InChI is InChI=1S/C16H23NO4/c1-10(2)8-14(16(19)20)17-15(18)12(4)21-13-7-5-6-11(3)9-13/h5-7,9-10,12,14H,8H2,1-4H3,(H,17,18)(H,19,20)/t12?,14-/m0/s1. The van der Waals surface area contributed by atoms with Gasteiger partial charge in [-0.1, -0.05) is 26.0 Å². The van der Waals surface area contributed by atoms with E-state index in [1.807, 2.05) is 39.0 Å². The van der Waals surface area contributed by atoms with Gasteiger partial charge in [0.25, 0.3) is 5.91 Å². The predicted octanol–water partition coefficient (Wildman–Crippen LogP) is 2.38. The molecule has 0 saturated carbocycles. The first-order chi connectivity index (χ1) is 9.79. The van der Waals surface area contributed by atoms with Gasteiger partial charge in [-0.25, -0.2) is 4.79 Å². The SMILES string of the molecule is Cc1cccc(OC(C)C(=O)N[C@@H](CC(C)C)C(=O)O)c1. The van der Waals surface area contributed by atoms with Gasteiger partial charge < -0.3 is 15.2 Å². The highest BCUT2D eigenvalue weighted by molar-refractivity contribution is 5.86. The summed E-state index contributed by atoms with van der Waals surface area (Å²) in [5.41, 5.74) is 1.03. The highest BCUT2D eigenvalue weighted by atomic mass is 16.5. The lowest BCUT2D eigenvalue weighted by Crippen LogP contribution is -2.46. The number of benzene rings is 1. The third-order valence-corrected chi connectivity index (χ3v) is 2.99. The largest absolute Gasteiger partial charge is 0.481 e. The third-order valence-electron chi connectivity index (χ3n) is 2.99. The van der Waals surface area contributed by atoms with Crippen LogP contribution >= 0.6 is 0 Å². The molecule has 1 aromatic rings. The van der Waals surface area contributed by atoms with E-state index in [1.54, 1.807) is 13.0 Å².